The van der Waals surface area contributed by atoms with Gasteiger partial charge in [-0.1, -0.05) is 149 Å². The Kier molecular flexibility index (Phi) is 7.43. The predicted octanol–water partition coefficient (Wildman–Crippen LogP) is 14.3. The Hall–Kier alpha value is -6.26. The van der Waals surface area contributed by atoms with Gasteiger partial charge in [0.15, 0.2) is 23.0 Å². The van der Waals surface area contributed by atoms with E-state index in [9.17, 15) is 2.74 Å². The highest BCUT2D eigenvalue weighted by Crippen LogP contribution is 2.55. The summed E-state index contributed by atoms with van der Waals surface area (Å²) in [6.07, 6.45) is 2.05. The van der Waals surface area contributed by atoms with Gasteiger partial charge in [0.05, 0.1) is 11.0 Å². The first-order chi connectivity index (χ1) is 31.9. The third-order valence-corrected chi connectivity index (χ3v) is 14.9. The Morgan fingerprint density at radius 1 is 0.578 bits per heavy atom. The zero-order valence-corrected chi connectivity index (χ0v) is 39.6. The summed E-state index contributed by atoms with van der Waals surface area (Å²) in [6.45, 7) is 28.6. The fourth-order valence-corrected chi connectivity index (χ4v) is 10.3. The highest BCUT2D eigenvalue weighted by atomic mass is 16.5. The first-order valence-corrected chi connectivity index (χ1v) is 22.9. The van der Waals surface area contributed by atoms with Crippen molar-refractivity contribution in [2.45, 2.75) is 112 Å². The maximum Gasteiger partial charge on any atom is 0.499 e. The van der Waals surface area contributed by atoms with Crippen LogP contribution in [0, 0.1) is 19.3 Å². The second-order valence-corrected chi connectivity index (χ2v) is 22.2. The lowest BCUT2D eigenvalue weighted by atomic mass is 9.65. The van der Waals surface area contributed by atoms with Crippen molar-refractivity contribution in [1.82, 2.24) is 4.57 Å². The summed E-state index contributed by atoms with van der Waals surface area (Å²) in [7, 11) is 0. The number of imidazole rings is 1. The number of hydrogen-bond donors (Lipinski definition) is 0. The van der Waals surface area contributed by atoms with Gasteiger partial charge in [-0.25, -0.2) is 0 Å². The van der Waals surface area contributed by atoms with Gasteiger partial charge >= 0.3 is 11.7 Å². The molecule has 8 aromatic rings. The first-order valence-electron chi connectivity index (χ1n) is 24.9. The molecule has 3 aliphatic heterocycles. The summed E-state index contributed by atoms with van der Waals surface area (Å²) < 4.78 is 52.1. The highest BCUT2D eigenvalue weighted by Gasteiger charge is 2.69. The standard InChI is InChI=1S/C60H61N3O/c1-36-30-37(2)54-48(31-36)55-62(49-27-26-42(59(12,13)58(9,10)11)33-45(49)39-18-15-14-16-19-39)50-21-17-20-44-46-34-43(57(6,7)8)35-47-51-32-40(38-22-24-41(25-23-38)56(3,4)5)28-29-61(51)60(64-54,52(46)47)63(55)53(44)50/h14-35H,1-13H3/q+2/i22D,23D,24D,25D. The van der Waals surface area contributed by atoms with Gasteiger partial charge in [-0.15, -0.1) is 9.13 Å². The van der Waals surface area contributed by atoms with E-state index in [-0.39, 0.29) is 40.4 Å². The number of rotatable bonds is 4. The SMILES string of the molecule is [2H]c1c([2H])c(C(C)(C)C)c([2H])c([2H])c1-c1cc[n+]2c(c1)-c1cc(C(C)(C)C)cc3c1C21Oc2c(C)cc(C)cc2-c2n(-c4ccc(C(C)(C)C(C)(C)C)cc4-c4ccccc4)c4cccc-3c4[n+]21. The molecule has 3 aliphatic rings. The molecule has 0 N–H and O–H groups in total. The molecule has 1 spiro atoms. The third kappa shape index (κ3) is 5.53. The van der Waals surface area contributed by atoms with Gasteiger partial charge in [0.25, 0.3) is 0 Å². The molecule has 0 amide bonds. The van der Waals surface area contributed by atoms with E-state index in [1.165, 1.54) is 11.1 Å². The lowest BCUT2D eigenvalue weighted by molar-refractivity contribution is -0.997. The molecule has 2 aromatic heterocycles. The number of para-hydroxylation sites is 1. The van der Waals surface area contributed by atoms with Crippen LogP contribution >= 0.6 is 0 Å². The normalized spacial score (nSPS) is 17.0. The smallest absolute Gasteiger partial charge is 0.392 e. The summed E-state index contributed by atoms with van der Waals surface area (Å²) in [5, 5.41) is 0. The molecule has 1 atom stereocenters. The summed E-state index contributed by atoms with van der Waals surface area (Å²) in [5.41, 5.74) is 16.7. The van der Waals surface area contributed by atoms with Crippen molar-refractivity contribution in [3.8, 4) is 67.5 Å². The molecule has 0 radical (unpaired) electrons. The second kappa shape index (κ2) is 13.2. The summed E-state index contributed by atoms with van der Waals surface area (Å²) in [6, 6.07) is 37.7. The summed E-state index contributed by atoms with van der Waals surface area (Å²) >= 11 is 0. The predicted molar refractivity (Wildman–Crippen MR) is 263 cm³/mol. The van der Waals surface area contributed by atoms with Crippen LogP contribution in [0.1, 0.15) is 115 Å². The topological polar surface area (TPSA) is 21.9 Å². The first kappa shape index (κ1) is 36.1. The molecule has 0 aliphatic carbocycles. The Morgan fingerprint density at radius 3 is 1.95 bits per heavy atom. The molecule has 0 saturated heterocycles. The molecule has 1 unspecified atom stereocenters. The lowest BCUT2D eigenvalue weighted by Crippen LogP contribution is -2.78. The monoisotopic (exact) mass is 844 g/mol. The lowest BCUT2D eigenvalue weighted by Gasteiger charge is -2.39. The zero-order valence-electron chi connectivity index (χ0n) is 43.6. The number of ether oxygens (including phenoxy) is 1. The van der Waals surface area contributed by atoms with Gasteiger partial charge in [0, 0.05) is 28.8 Å². The fourth-order valence-electron chi connectivity index (χ4n) is 10.3. The van der Waals surface area contributed by atoms with Gasteiger partial charge in [0.2, 0.25) is 5.69 Å². The highest BCUT2D eigenvalue weighted by molar-refractivity contribution is 5.98. The minimum absolute atomic E-state index is 0.00130. The van der Waals surface area contributed by atoms with Crippen LogP contribution in [0.25, 0.3) is 72.7 Å². The van der Waals surface area contributed by atoms with E-state index in [0.29, 0.717) is 16.7 Å². The Bertz CT molecular complexity index is 3500. The van der Waals surface area contributed by atoms with E-state index in [2.05, 4.69) is 186 Å². The van der Waals surface area contributed by atoms with Crippen LogP contribution in [0.5, 0.6) is 5.75 Å². The minimum atomic E-state index is -1.22. The minimum Gasteiger partial charge on any atom is -0.392 e. The van der Waals surface area contributed by atoms with Crippen molar-refractivity contribution < 1.29 is 19.4 Å². The van der Waals surface area contributed by atoms with Gasteiger partial charge in [-0.2, -0.15) is 4.57 Å². The second-order valence-electron chi connectivity index (χ2n) is 22.2. The maximum absolute atomic E-state index is 9.38. The molecule has 320 valence electrons. The average molecular weight is 844 g/mol. The van der Waals surface area contributed by atoms with E-state index in [1.54, 1.807) is 0 Å². The molecule has 11 rings (SSSR count). The van der Waals surface area contributed by atoms with Crippen LogP contribution < -0.4 is 13.9 Å². The molecule has 4 nitrogen and oxygen atoms in total. The molecule has 0 fully saturated rings. The Balaban J connectivity index is 1.30. The molecule has 64 heavy (non-hydrogen) atoms. The Labute approximate surface area is 385 Å². The number of benzene rings is 6. The van der Waals surface area contributed by atoms with E-state index in [4.69, 9.17) is 7.48 Å². The van der Waals surface area contributed by atoms with Gasteiger partial charge in [-0.3, -0.25) is 0 Å². The largest absolute Gasteiger partial charge is 0.499 e. The fraction of sp³-hybridized carbons (Fsp3) is 0.300. The van der Waals surface area contributed by atoms with Crippen molar-refractivity contribution in [2.75, 3.05) is 0 Å². The number of pyridine rings is 1. The molecule has 5 heterocycles. The summed E-state index contributed by atoms with van der Waals surface area (Å²) in [4.78, 5) is 0. The van der Waals surface area contributed by atoms with Crippen LogP contribution in [0.15, 0.2) is 133 Å². The molecule has 4 heteroatoms. The van der Waals surface area contributed by atoms with Crippen LogP contribution in [0.3, 0.4) is 0 Å². The summed E-state index contributed by atoms with van der Waals surface area (Å²) in [5.74, 6) is 0.605. The van der Waals surface area contributed by atoms with Crippen molar-refractivity contribution in [3.63, 3.8) is 0 Å². The van der Waals surface area contributed by atoms with E-state index in [1.807, 2.05) is 26.8 Å². The molecule has 0 saturated carbocycles. The van der Waals surface area contributed by atoms with Crippen LogP contribution in [0.2, 0.25) is 0 Å². The van der Waals surface area contributed by atoms with Gasteiger partial charge in [0.1, 0.15) is 16.8 Å². The maximum atomic E-state index is 9.38. The molecule has 0 bridgehead atoms. The van der Waals surface area contributed by atoms with Crippen molar-refractivity contribution in [1.29, 1.82) is 0 Å². The third-order valence-electron chi connectivity index (χ3n) is 14.9. The number of nitrogens with zero attached hydrogens (tertiary/aromatic N) is 3. The van der Waals surface area contributed by atoms with Gasteiger partial charge < -0.3 is 4.74 Å². The Morgan fingerprint density at radius 2 is 1.27 bits per heavy atom. The van der Waals surface area contributed by atoms with Gasteiger partial charge in [-0.05, 0) is 122 Å². The zero-order chi connectivity index (χ0) is 48.5. The van der Waals surface area contributed by atoms with E-state index in [0.717, 1.165) is 84.1 Å². The average Bonchev–Trinajstić information content (AvgIpc) is 3.76. The van der Waals surface area contributed by atoms with Crippen LogP contribution in [-0.2, 0) is 22.1 Å². The van der Waals surface area contributed by atoms with Crippen LogP contribution in [0.4, 0.5) is 0 Å². The number of aryl methyl sites for hydroxylation is 2. The van der Waals surface area contributed by atoms with Crippen molar-refractivity contribution >= 4 is 11.0 Å². The molecular weight excluding hydrogens is 779 g/mol. The quantitative estimate of drug-likeness (QED) is 0.162. The number of aromatic nitrogens is 3. The molecule has 6 aromatic carbocycles. The number of fused-ring (bicyclic) bond motifs is 5. The van der Waals surface area contributed by atoms with E-state index < -0.39 is 11.3 Å². The molecular formula is C60H61N3O+2. The van der Waals surface area contributed by atoms with Crippen molar-refractivity contribution in [2.24, 2.45) is 5.41 Å². The van der Waals surface area contributed by atoms with E-state index >= 15 is 0 Å². The van der Waals surface area contributed by atoms with Crippen LogP contribution in [-0.4, -0.2) is 4.57 Å². The number of hydrogen-bond acceptors (Lipinski definition) is 1. The van der Waals surface area contributed by atoms with Crippen molar-refractivity contribution in [3.05, 3.63) is 167 Å².